The minimum Gasteiger partial charge on any atom is -0.310 e. The standard InChI is InChI=1S/C17H25N/c1-2-18-17(12-13-10-11-13)16-9-4-3-8-15(16)14-6-5-7-14/h3-4,8-9,13-14,17-18H,2,5-7,10-12H2,1H3. The van der Waals surface area contributed by atoms with Gasteiger partial charge in [-0.2, -0.15) is 0 Å². The zero-order valence-electron chi connectivity index (χ0n) is 11.5. The Morgan fingerprint density at radius 3 is 2.56 bits per heavy atom. The Hall–Kier alpha value is -0.820. The van der Waals surface area contributed by atoms with Crippen molar-refractivity contribution in [3.05, 3.63) is 35.4 Å². The van der Waals surface area contributed by atoms with Crippen molar-refractivity contribution in [2.24, 2.45) is 5.92 Å². The zero-order valence-corrected chi connectivity index (χ0v) is 11.5. The topological polar surface area (TPSA) is 12.0 Å². The fourth-order valence-corrected chi connectivity index (χ4v) is 3.17. The first-order chi connectivity index (χ1) is 8.88. The molecule has 1 aromatic carbocycles. The van der Waals surface area contributed by atoms with Gasteiger partial charge in [-0.3, -0.25) is 0 Å². The van der Waals surface area contributed by atoms with Gasteiger partial charge >= 0.3 is 0 Å². The third-order valence-electron chi connectivity index (χ3n) is 4.63. The molecule has 0 bridgehead atoms. The minimum atomic E-state index is 0.597. The van der Waals surface area contributed by atoms with E-state index in [-0.39, 0.29) is 0 Å². The average molecular weight is 243 g/mol. The highest BCUT2D eigenvalue weighted by Gasteiger charge is 2.29. The summed E-state index contributed by atoms with van der Waals surface area (Å²) in [7, 11) is 0. The van der Waals surface area contributed by atoms with Gasteiger partial charge in [0.05, 0.1) is 0 Å². The van der Waals surface area contributed by atoms with Crippen molar-refractivity contribution < 1.29 is 0 Å². The fourth-order valence-electron chi connectivity index (χ4n) is 3.17. The maximum atomic E-state index is 3.71. The number of benzene rings is 1. The van der Waals surface area contributed by atoms with Gasteiger partial charge in [0.1, 0.15) is 0 Å². The zero-order chi connectivity index (χ0) is 12.4. The van der Waals surface area contributed by atoms with Crippen molar-refractivity contribution in [3.8, 4) is 0 Å². The largest absolute Gasteiger partial charge is 0.310 e. The monoisotopic (exact) mass is 243 g/mol. The van der Waals surface area contributed by atoms with Gasteiger partial charge in [0.25, 0.3) is 0 Å². The maximum absolute atomic E-state index is 3.71. The van der Waals surface area contributed by atoms with E-state index in [9.17, 15) is 0 Å². The first-order valence-corrected chi connectivity index (χ1v) is 7.70. The molecule has 1 heteroatoms. The van der Waals surface area contributed by atoms with Crippen LogP contribution in [0.5, 0.6) is 0 Å². The van der Waals surface area contributed by atoms with Crippen molar-refractivity contribution in [2.45, 2.75) is 57.4 Å². The van der Waals surface area contributed by atoms with Crippen LogP contribution in [0.15, 0.2) is 24.3 Å². The van der Waals surface area contributed by atoms with E-state index in [4.69, 9.17) is 0 Å². The highest BCUT2D eigenvalue weighted by atomic mass is 14.9. The summed E-state index contributed by atoms with van der Waals surface area (Å²) in [4.78, 5) is 0. The van der Waals surface area contributed by atoms with Crippen LogP contribution in [-0.4, -0.2) is 6.54 Å². The van der Waals surface area contributed by atoms with Gasteiger partial charge in [0.2, 0.25) is 0 Å². The van der Waals surface area contributed by atoms with Crippen LogP contribution in [0.3, 0.4) is 0 Å². The highest BCUT2D eigenvalue weighted by Crippen LogP contribution is 2.43. The molecule has 18 heavy (non-hydrogen) atoms. The van der Waals surface area contributed by atoms with Crippen molar-refractivity contribution in [3.63, 3.8) is 0 Å². The van der Waals surface area contributed by atoms with Gasteiger partial charge in [0.15, 0.2) is 0 Å². The first-order valence-electron chi connectivity index (χ1n) is 7.70. The summed E-state index contributed by atoms with van der Waals surface area (Å²) in [5, 5.41) is 3.71. The highest BCUT2D eigenvalue weighted by molar-refractivity contribution is 5.34. The van der Waals surface area contributed by atoms with E-state index in [1.54, 1.807) is 11.1 Å². The van der Waals surface area contributed by atoms with Crippen molar-refractivity contribution in [1.82, 2.24) is 5.32 Å². The molecule has 2 fully saturated rings. The predicted molar refractivity (Wildman–Crippen MR) is 76.8 cm³/mol. The molecule has 1 aromatic rings. The van der Waals surface area contributed by atoms with Crippen LogP contribution in [-0.2, 0) is 0 Å². The normalized spacial score (nSPS) is 21.6. The summed E-state index contributed by atoms with van der Waals surface area (Å²) in [6, 6.07) is 9.77. The Kier molecular flexibility index (Phi) is 3.69. The maximum Gasteiger partial charge on any atom is 0.0325 e. The summed E-state index contributed by atoms with van der Waals surface area (Å²) in [6.07, 6.45) is 8.48. The quantitative estimate of drug-likeness (QED) is 0.780. The Morgan fingerprint density at radius 1 is 1.17 bits per heavy atom. The predicted octanol–water partition coefficient (Wildman–Crippen LogP) is 4.40. The second-order valence-electron chi connectivity index (χ2n) is 6.05. The lowest BCUT2D eigenvalue weighted by atomic mass is 9.76. The van der Waals surface area contributed by atoms with E-state index in [0.717, 1.165) is 18.4 Å². The lowest BCUT2D eigenvalue weighted by Crippen LogP contribution is -2.24. The molecule has 2 aliphatic rings. The van der Waals surface area contributed by atoms with E-state index in [0.29, 0.717) is 6.04 Å². The third-order valence-corrected chi connectivity index (χ3v) is 4.63. The lowest BCUT2D eigenvalue weighted by Gasteiger charge is -2.31. The van der Waals surface area contributed by atoms with Crippen LogP contribution in [0.2, 0.25) is 0 Å². The van der Waals surface area contributed by atoms with Crippen molar-refractivity contribution >= 4 is 0 Å². The molecule has 0 radical (unpaired) electrons. The summed E-state index contributed by atoms with van der Waals surface area (Å²) in [5.41, 5.74) is 3.23. The van der Waals surface area contributed by atoms with E-state index in [2.05, 4.69) is 36.5 Å². The molecule has 1 nitrogen and oxygen atoms in total. The van der Waals surface area contributed by atoms with Gasteiger partial charge in [-0.15, -0.1) is 0 Å². The number of hydrogen-bond donors (Lipinski definition) is 1. The molecule has 98 valence electrons. The molecule has 2 saturated carbocycles. The van der Waals surface area contributed by atoms with Crippen LogP contribution in [0.25, 0.3) is 0 Å². The first kappa shape index (κ1) is 12.2. The van der Waals surface area contributed by atoms with Gasteiger partial charge in [-0.1, -0.05) is 50.5 Å². The molecule has 0 spiro atoms. The molecule has 1 atom stereocenters. The van der Waals surface area contributed by atoms with E-state index < -0.39 is 0 Å². The minimum absolute atomic E-state index is 0.597. The third kappa shape index (κ3) is 2.61. The summed E-state index contributed by atoms with van der Waals surface area (Å²) < 4.78 is 0. The molecule has 2 aliphatic carbocycles. The summed E-state index contributed by atoms with van der Waals surface area (Å²) in [6.45, 7) is 3.31. The molecule has 1 N–H and O–H groups in total. The molecule has 0 aliphatic heterocycles. The van der Waals surface area contributed by atoms with Crippen molar-refractivity contribution in [2.75, 3.05) is 6.54 Å². The molecule has 0 saturated heterocycles. The molecule has 0 amide bonds. The Labute approximate surface area is 111 Å². The van der Waals surface area contributed by atoms with E-state index in [1.165, 1.54) is 38.5 Å². The summed E-state index contributed by atoms with van der Waals surface area (Å²) in [5.74, 6) is 1.84. The van der Waals surface area contributed by atoms with Gasteiger partial charge < -0.3 is 5.32 Å². The van der Waals surface area contributed by atoms with Crippen LogP contribution in [0, 0.1) is 5.92 Å². The fraction of sp³-hybridized carbons (Fsp3) is 0.647. The van der Waals surface area contributed by atoms with Crippen LogP contribution >= 0.6 is 0 Å². The smallest absolute Gasteiger partial charge is 0.0325 e. The Morgan fingerprint density at radius 2 is 1.94 bits per heavy atom. The SMILES string of the molecule is CCNC(CC1CC1)c1ccccc1C1CCC1. The summed E-state index contributed by atoms with van der Waals surface area (Å²) >= 11 is 0. The second kappa shape index (κ2) is 5.44. The molecular formula is C17H25N. The number of hydrogen-bond acceptors (Lipinski definition) is 1. The Bertz CT molecular complexity index is 390. The molecule has 0 heterocycles. The van der Waals surface area contributed by atoms with Gasteiger partial charge in [-0.25, -0.2) is 0 Å². The number of nitrogens with one attached hydrogen (secondary N) is 1. The van der Waals surface area contributed by atoms with Gasteiger partial charge in [-0.05, 0) is 48.8 Å². The van der Waals surface area contributed by atoms with Crippen LogP contribution in [0.4, 0.5) is 0 Å². The van der Waals surface area contributed by atoms with E-state index >= 15 is 0 Å². The Balaban J connectivity index is 1.81. The molecule has 0 aromatic heterocycles. The van der Waals surface area contributed by atoms with Crippen LogP contribution < -0.4 is 5.32 Å². The molecule has 1 unspecified atom stereocenters. The van der Waals surface area contributed by atoms with E-state index in [1.807, 2.05) is 0 Å². The van der Waals surface area contributed by atoms with Gasteiger partial charge in [0, 0.05) is 6.04 Å². The lowest BCUT2D eigenvalue weighted by molar-refractivity contribution is 0.406. The van der Waals surface area contributed by atoms with Crippen LogP contribution in [0.1, 0.15) is 68.5 Å². The second-order valence-corrected chi connectivity index (χ2v) is 6.05. The molecule has 3 rings (SSSR count). The average Bonchev–Trinajstić information content (AvgIpc) is 3.11. The van der Waals surface area contributed by atoms with Crippen molar-refractivity contribution in [1.29, 1.82) is 0 Å². The molecular weight excluding hydrogens is 218 g/mol. The number of rotatable bonds is 6.